The number of benzene rings is 1. The van der Waals surface area contributed by atoms with Gasteiger partial charge in [-0.3, -0.25) is 4.79 Å². The van der Waals surface area contributed by atoms with Crippen LogP contribution in [0.2, 0.25) is 0 Å². The first kappa shape index (κ1) is 16.5. The molecule has 0 radical (unpaired) electrons. The molecule has 1 rings (SSSR count). The third-order valence-corrected chi connectivity index (χ3v) is 2.82. The van der Waals surface area contributed by atoms with E-state index in [1.807, 2.05) is 39.0 Å². The maximum Gasteiger partial charge on any atom is 0.220 e. The lowest BCUT2D eigenvalue weighted by atomic mass is 10.1. The summed E-state index contributed by atoms with van der Waals surface area (Å²) in [6.45, 7) is 8.88. The van der Waals surface area contributed by atoms with Crippen LogP contribution in [-0.2, 0) is 11.2 Å². The first-order valence-corrected chi connectivity index (χ1v) is 7.45. The van der Waals surface area contributed by atoms with Gasteiger partial charge in [-0.2, -0.15) is 0 Å². The average molecular weight is 277 g/mol. The van der Waals surface area contributed by atoms with Crippen molar-refractivity contribution in [1.29, 1.82) is 0 Å². The van der Waals surface area contributed by atoms with Crippen LogP contribution < -0.4 is 10.1 Å². The fourth-order valence-corrected chi connectivity index (χ4v) is 1.89. The maximum atomic E-state index is 11.5. The van der Waals surface area contributed by atoms with Crippen molar-refractivity contribution >= 4 is 5.91 Å². The van der Waals surface area contributed by atoms with Gasteiger partial charge in [0.1, 0.15) is 11.4 Å². The van der Waals surface area contributed by atoms with Crippen LogP contribution in [0.25, 0.3) is 0 Å². The van der Waals surface area contributed by atoms with Crippen LogP contribution >= 0.6 is 0 Å². The molecule has 0 saturated heterocycles. The number of hydrogen-bond acceptors (Lipinski definition) is 2. The molecule has 0 saturated carbocycles. The second-order valence-electron chi connectivity index (χ2n) is 6.07. The second kappa shape index (κ2) is 7.93. The normalized spacial score (nSPS) is 11.2. The summed E-state index contributed by atoms with van der Waals surface area (Å²) in [7, 11) is 0. The molecule has 1 aromatic rings. The van der Waals surface area contributed by atoms with E-state index < -0.39 is 0 Å². The molecule has 3 nitrogen and oxygen atoms in total. The number of rotatable bonds is 7. The van der Waals surface area contributed by atoms with Crippen molar-refractivity contribution in [2.24, 2.45) is 0 Å². The molecule has 0 aliphatic rings. The molecule has 1 N–H and O–H groups in total. The highest BCUT2D eigenvalue weighted by Crippen LogP contribution is 2.19. The summed E-state index contributed by atoms with van der Waals surface area (Å²) in [5, 5.41) is 2.95. The van der Waals surface area contributed by atoms with E-state index in [9.17, 15) is 4.79 Å². The van der Waals surface area contributed by atoms with Crippen molar-refractivity contribution in [2.45, 2.75) is 59.0 Å². The van der Waals surface area contributed by atoms with E-state index in [-0.39, 0.29) is 11.5 Å². The third kappa shape index (κ3) is 7.17. The van der Waals surface area contributed by atoms with E-state index in [1.54, 1.807) is 0 Å². The number of ether oxygens (including phenoxy) is 1. The predicted octanol–water partition coefficient (Wildman–Crippen LogP) is 3.71. The third-order valence-electron chi connectivity index (χ3n) is 2.82. The largest absolute Gasteiger partial charge is 0.488 e. The molecule has 1 aromatic carbocycles. The summed E-state index contributed by atoms with van der Waals surface area (Å²) in [6.07, 6.45) is 3.48. The minimum Gasteiger partial charge on any atom is -0.488 e. The lowest BCUT2D eigenvalue weighted by molar-refractivity contribution is -0.121. The van der Waals surface area contributed by atoms with Crippen LogP contribution in [0.5, 0.6) is 5.75 Å². The molecular formula is C17H27NO2. The zero-order chi connectivity index (χ0) is 15.0. The van der Waals surface area contributed by atoms with E-state index in [0.29, 0.717) is 13.0 Å². The van der Waals surface area contributed by atoms with Crippen LogP contribution in [0.4, 0.5) is 0 Å². The molecule has 0 bridgehead atoms. The van der Waals surface area contributed by atoms with E-state index in [1.165, 1.54) is 5.56 Å². The van der Waals surface area contributed by atoms with Crippen LogP contribution in [0.3, 0.4) is 0 Å². The summed E-state index contributed by atoms with van der Waals surface area (Å²) in [5.41, 5.74) is 0.995. The number of amides is 1. The van der Waals surface area contributed by atoms with Gasteiger partial charge in [-0.15, -0.1) is 0 Å². The molecule has 0 heterocycles. The molecule has 0 aliphatic carbocycles. The Bertz CT molecular complexity index is 421. The van der Waals surface area contributed by atoms with Gasteiger partial charge in [0.2, 0.25) is 5.91 Å². The second-order valence-corrected chi connectivity index (χ2v) is 6.07. The Kier molecular flexibility index (Phi) is 6.56. The summed E-state index contributed by atoms with van der Waals surface area (Å²) in [6, 6.07) is 8.07. The molecular weight excluding hydrogens is 250 g/mol. The fourth-order valence-electron chi connectivity index (χ4n) is 1.89. The summed E-state index contributed by atoms with van der Waals surface area (Å²) >= 11 is 0. The monoisotopic (exact) mass is 277 g/mol. The van der Waals surface area contributed by atoms with Crippen molar-refractivity contribution < 1.29 is 9.53 Å². The Morgan fingerprint density at radius 2 is 2.05 bits per heavy atom. The highest BCUT2D eigenvalue weighted by molar-refractivity contribution is 5.75. The van der Waals surface area contributed by atoms with Crippen LogP contribution in [0.1, 0.15) is 52.5 Å². The molecule has 0 aliphatic heterocycles. The molecule has 3 heteroatoms. The van der Waals surface area contributed by atoms with E-state index >= 15 is 0 Å². The number of carbonyl (C=O) groups excluding carboxylic acids is 1. The van der Waals surface area contributed by atoms with Crippen molar-refractivity contribution in [3.8, 4) is 5.75 Å². The number of carbonyl (C=O) groups is 1. The van der Waals surface area contributed by atoms with Gasteiger partial charge in [-0.1, -0.05) is 25.5 Å². The van der Waals surface area contributed by atoms with Crippen molar-refractivity contribution in [3.05, 3.63) is 29.8 Å². The quantitative estimate of drug-likeness (QED) is 0.825. The summed E-state index contributed by atoms with van der Waals surface area (Å²) < 4.78 is 5.84. The zero-order valence-corrected chi connectivity index (χ0v) is 13.2. The standard InChI is InChI=1S/C17H27NO2/c1-5-6-10-16(19)18-12-11-14-8-7-9-15(13-14)20-17(2,3)4/h7-9,13H,5-6,10-12H2,1-4H3,(H,18,19). The van der Waals surface area contributed by atoms with Gasteiger partial charge >= 0.3 is 0 Å². The predicted molar refractivity (Wildman–Crippen MR) is 83.1 cm³/mol. The Hall–Kier alpha value is -1.51. The first-order chi connectivity index (χ1) is 9.40. The van der Waals surface area contributed by atoms with E-state index in [2.05, 4.69) is 18.3 Å². The molecule has 1 amide bonds. The Morgan fingerprint density at radius 1 is 1.30 bits per heavy atom. The maximum absolute atomic E-state index is 11.5. The van der Waals surface area contributed by atoms with E-state index in [0.717, 1.165) is 25.0 Å². The van der Waals surface area contributed by atoms with Crippen LogP contribution in [0, 0.1) is 0 Å². The Balaban J connectivity index is 2.41. The highest BCUT2D eigenvalue weighted by Gasteiger charge is 2.11. The SMILES string of the molecule is CCCCC(=O)NCCc1cccc(OC(C)(C)C)c1. The Labute approximate surface area is 122 Å². The Morgan fingerprint density at radius 3 is 2.70 bits per heavy atom. The van der Waals surface area contributed by atoms with Gasteiger partial charge in [0.25, 0.3) is 0 Å². The van der Waals surface area contributed by atoms with Crippen molar-refractivity contribution in [1.82, 2.24) is 5.32 Å². The molecule has 0 unspecified atom stereocenters. The molecule has 112 valence electrons. The summed E-state index contributed by atoms with van der Waals surface area (Å²) in [5.74, 6) is 1.03. The molecule has 0 atom stereocenters. The van der Waals surface area contributed by atoms with Gasteiger partial charge < -0.3 is 10.1 Å². The minimum atomic E-state index is -0.188. The molecule has 20 heavy (non-hydrogen) atoms. The van der Waals surface area contributed by atoms with Crippen molar-refractivity contribution in [3.63, 3.8) is 0 Å². The van der Waals surface area contributed by atoms with Gasteiger partial charge in [0.05, 0.1) is 0 Å². The average Bonchev–Trinajstić information content (AvgIpc) is 2.35. The smallest absolute Gasteiger partial charge is 0.220 e. The van der Waals surface area contributed by atoms with Gasteiger partial charge in [-0.25, -0.2) is 0 Å². The van der Waals surface area contributed by atoms with Crippen molar-refractivity contribution in [2.75, 3.05) is 6.54 Å². The lowest BCUT2D eigenvalue weighted by Gasteiger charge is -2.21. The van der Waals surface area contributed by atoms with Gasteiger partial charge in [-0.05, 0) is 51.3 Å². The zero-order valence-electron chi connectivity index (χ0n) is 13.2. The minimum absolute atomic E-state index is 0.147. The molecule has 0 fully saturated rings. The number of nitrogens with one attached hydrogen (secondary N) is 1. The highest BCUT2D eigenvalue weighted by atomic mass is 16.5. The molecule has 0 spiro atoms. The van der Waals surface area contributed by atoms with E-state index in [4.69, 9.17) is 4.74 Å². The van der Waals surface area contributed by atoms with Gasteiger partial charge in [0, 0.05) is 13.0 Å². The summed E-state index contributed by atoms with van der Waals surface area (Å²) in [4.78, 5) is 11.5. The number of hydrogen-bond donors (Lipinski definition) is 1. The lowest BCUT2D eigenvalue weighted by Crippen LogP contribution is -2.25. The topological polar surface area (TPSA) is 38.3 Å². The van der Waals surface area contributed by atoms with Crippen LogP contribution in [0.15, 0.2) is 24.3 Å². The molecule has 0 aromatic heterocycles. The van der Waals surface area contributed by atoms with Gasteiger partial charge in [0.15, 0.2) is 0 Å². The van der Waals surface area contributed by atoms with Crippen LogP contribution in [-0.4, -0.2) is 18.1 Å². The fraction of sp³-hybridized carbons (Fsp3) is 0.588. The first-order valence-electron chi connectivity index (χ1n) is 7.45. The number of unbranched alkanes of at least 4 members (excludes halogenated alkanes) is 1.